The van der Waals surface area contributed by atoms with Gasteiger partial charge in [0, 0.05) is 11.1 Å². The molecule has 1 unspecified atom stereocenters. The molecule has 0 aliphatic rings. The molecule has 0 fully saturated rings. The number of rotatable bonds is 4. The molecule has 0 radical (unpaired) electrons. The highest BCUT2D eigenvalue weighted by Crippen LogP contribution is 2.00. The fraction of sp³-hybridized carbons (Fsp3) is 0.538. The van der Waals surface area contributed by atoms with Crippen LogP contribution in [0.15, 0.2) is 24.3 Å². The van der Waals surface area contributed by atoms with E-state index in [1.165, 1.54) is 7.11 Å². The van der Waals surface area contributed by atoms with E-state index in [2.05, 4.69) is 17.9 Å². The van der Waals surface area contributed by atoms with Crippen LogP contribution in [0.2, 0.25) is 0 Å². The zero-order chi connectivity index (χ0) is 14.0. The average Bonchev–Trinajstić information content (AvgIpc) is 2.28. The molecule has 0 aliphatic heterocycles. The van der Waals surface area contributed by atoms with Crippen LogP contribution in [0, 0.1) is 0 Å². The summed E-state index contributed by atoms with van der Waals surface area (Å²) in [4.78, 5) is 21.0. The van der Waals surface area contributed by atoms with Gasteiger partial charge in [0.2, 0.25) is 0 Å². The van der Waals surface area contributed by atoms with Crippen molar-refractivity contribution in [3.05, 3.63) is 24.3 Å². The van der Waals surface area contributed by atoms with Gasteiger partial charge in [-0.15, -0.1) is 0 Å². The molecule has 0 N–H and O–H groups in total. The quantitative estimate of drug-likeness (QED) is 0.561. The maximum atomic E-state index is 10.8. The Balaban J connectivity index is 0. The molecule has 0 amide bonds. The lowest BCUT2D eigenvalue weighted by Crippen LogP contribution is -2.13. The molecule has 0 saturated heterocycles. The monoisotopic (exact) mass is 242 g/mol. The van der Waals surface area contributed by atoms with E-state index in [0.717, 1.165) is 6.42 Å². The van der Waals surface area contributed by atoms with Gasteiger partial charge in [-0.05, 0) is 27.2 Å². The molecular formula is C13H22O4. The van der Waals surface area contributed by atoms with Crippen LogP contribution in [0.4, 0.5) is 0 Å². The molecule has 17 heavy (non-hydrogen) atoms. The van der Waals surface area contributed by atoms with E-state index in [1.807, 2.05) is 13.8 Å². The number of carbonyl (C=O) groups excluding carboxylic acids is 2. The van der Waals surface area contributed by atoms with Gasteiger partial charge in [-0.3, -0.25) is 0 Å². The van der Waals surface area contributed by atoms with Gasteiger partial charge >= 0.3 is 11.9 Å². The number of ether oxygens (including phenoxy) is 2. The first-order valence-corrected chi connectivity index (χ1v) is 5.36. The minimum Gasteiger partial charge on any atom is -0.466 e. The summed E-state index contributed by atoms with van der Waals surface area (Å²) in [5, 5.41) is 0. The molecule has 0 bridgehead atoms. The van der Waals surface area contributed by atoms with E-state index in [4.69, 9.17) is 4.74 Å². The predicted molar refractivity (Wildman–Crippen MR) is 67.5 cm³/mol. The van der Waals surface area contributed by atoms with Gasteiger partial charge < -0.3 is 9.47 Å². The first-order valence-electron chi connectivity index (χ1n) is 5.36. The van der Waals surface area contributed by atoms with Gasteiger partial charge in [0.25, 0.3) is 0 Å². The maximum absolute atomic E-state index is 10.8. The topological polar surface area (TPSA) is 52.6 Å². The second-order valence-corrected chi connectivity index (χ2v) is 3.68. The highest BCUT2D eigenvalue weighted by Gasteiger charge is 2.06. The molecule has 0 aromatic rings. The summed E-state index contributed by atoms with van der Waals surface area (Å²) in [5.74, 6) is -0.644. The zero-order valence-corrected chi connectivity index (χ0v) is 11.3. The Morgan fingerprint density at radius 3 is 1.71 bits per heavy atom. The highest BCUT2D eigenvalue weighted by molar-refractivity contribution is 5.87. The molecule has 4 heteroatoms. The molecule has 98 valence electrons. The van der Waals surface area contributed by atoms with Crippen molar-refractivity contribution in [1.29, 1.82) is 0 Å². The first kappa shape index (κ1) is 17.8. The average molecular weight is 242 g/mol. The Hall–Kier alpha value is -1.58. The summed E-state index contributed by atoms with van der Waals surface area (Å²) in [6.45, 7) is 13.9. The Kier molecular flexibility index (Phi) is 10.1. The third kappa shape index (κ3) is 10.7. The SMILES string of the molecule is C=C(C)C(=O)OC.C=C(C)C(=O)OC(C)CC. The van der Waals surface area contributed by atoms with Crippen LogP contribution in [0.1, 0.15) is 34.1 Å². The molecule has 4 nitrogen and oxygen atoms in total. The molecule has 0 aliphatic carbocycles. The summed E-state index contributed by atoms with van der Waals surface area (Å²) in [5.41, 5.74) is 0.891. The summed E-state index contributed by atoms with van der Waals surface area (Å²) < 4.78 is 9.20. The summed E-state index contributed by atoms with van der Waals surface area (Å²) in [6.07, 6.45) is 0.850. The van der Waals surface area contributed by atoms with Crippen LogP contribution < -0.4 is 0 Å². The van der Waals surface area contributed by atoms with E-state index in [9.17, 15) is 9.59 Å². The molecule has 1 atom stereocenters. The Labute approximate surface area is 103 Å². The normalized spacial score (nSPS) is 10.4. The van der Waals surface area contributed by atoms with E-state index in [1.54, 1.807) is 13.8 Å². The fourth-order valence-corrected chi connectivity index (χ4v) is 0.541. The van der Waals surface area contributed by atoms with Crippen LogP contribution in [0.3, 0.4) is 0 Å². The van der Waals surface area contributed by atoms with Crippen molar-refractivity contribution in [3.8, 4) is 0 Å². The third-order valence-corrected chi connectivity index (χ3v) is 1.77. The van der Waals surface area contributed by atoms with E-state index < -0.39 is 0 Å². The fourth-order valence-electron chi connectivity index (χ4n) is 0.541. The van der Waals surface area contributed by atoms with Gasteiger partial charge in [0.15, 0.2) is 0 Å². The minimum absolute atomic E-state index is 0.00389. The van der Waals surface area contributed by atoms with Gasteiger partial charge in [-0.1, -0.05) is 20.1 Å². The van der Waals surface area contributed by atoms with Crippen molar-refractivity contribution in [2.75, 3.05) is 7.11 Å². The molecule has 0 rings (SSSR count). The van der Waals surface area contributed by atoms with Crippen molar-refractivity contribution >= 4 is 11.9 Å². The van der Waals surface area contributed by atoms with Gasteiger partial charge in [-0.25, -0.2) is 9.59 Å². The maximum Gasteiger partial charge on any atom is 0.333 e. The minimum atomic E-state index is -0.347. The smallest absolute Gasteiger partial charge is 0.333 e. The molecule has 0 spiro atoms. The number of carbonyl (C=O) groups is 2. The van der Waals surface area contributed by atoms with Crippen molar-refractivity contribution < 1.29 is 19.1 Å². The molecule has 0 aromatic carbocycles. The van der Waals surface area contributed by atoms with Crippen molar-refractivity contribution in [1.82, 2.24) is 0 Å². The van der Waals surface area contributed by atoms with Gasteiger partial charge in [0.1, 0.15) is 0 Å². The van der Waals surface area contributed by atoms with E-state index >= 15 is 0 Å². The highest BCUT2D eigenvalue weighted by atomic mass is 16.5. The third-order valence-electron chi connectivity index (χ3n) is 1.77. The molecule has 0 aromatic heterocycles. The molecular weight excluding hydrogens is 220 g/mol. The van der Waals surface area contributed by atoms with Crippen LogP contribution >= 0.6 is 0 Å². The Morgan fingerprint density at radius 2 is 1.53 bits per heavy atom. The number of hydrogen-bond donors (Lipinski definition) is 0. The second kappa shape index (κ2) is 9.63. The largest absolute Gasteiger partial charge is 0.466 e. The van der Waals surface area contributed by atoms with E-state index in [0.29, 0.717) is 11.1 Å². The lowest BCUT2D eigenvalue weighted by molar-refractivity contribution is -0.143. The standard InChI is InChI=1S/C8H14O2.C5H8O2/c1-5-7(4)10-8(9)6(2)3;1-4(2)5(6)7-3/h7H,2,5H2,1,3-4H3;1H2,2-3H3. The van der Waals surface area contributed by atoms with Crippen molar-refractivity contribution in [2.45, 2.75) is 40.2 Å². The summed E-state index contributed by atoms with van der Waals surface area (Å²) in [6, 6.07) is 0. The van der Waals surface area contributed by atoms with E-state index in [-0.39, 0.29) is 18.0 Å². The first-order chi connectivity index (χ1) is 7.76. The Bertz CT molecular complexity index is 292. The lowest BCUT2D eigenvalue weighted by atomic mass is 10.3. The van der Waals surface area contributed by atoms with Gasteiger partial charge in [-0.2, -0.15) is 0 Å². The van der Waals surface area contributed by atoms with Crippen LogP contribution in [0.25, 0.3) is 0 Å². The summed E-state index contributed by atoms with van der Waals surface area (Å²) >= 11 is 0. The summed E-state index contributed by atoms with van der Waals surface area (Å²) in [7, 11) is 1.33. The van der Waals surface area contributed by atoms with Crippen molar-refractivity contribution in [3.63, 3.8) is 0 Å². The number of esters is 2. The zero-order valence-electron chi connectivity index (χ0n) is 11.3. The molecule has 0 saturated carbocycles. The van der Waals surface area contributed by atoms with Crippen molar-refractivity contribution in [2.24, 2.45) is 0 Å². The molecule has 0 heterocycles. The second-order valence-electron chi connectivity index (χ2n) is 3.68. The number of methoxy groups -OCH3 is 1. The lowest BCUT2D eigenvalue weighted by Gasteiger charge is -2.09. The van der Waals surface area contributed by atoms with Gasteiger partial charge in [0.05, 0.1) is 13.2 Å². The predicted octanol–water partition coefficient (Wildman–Crippen LogP) is 2.64. The van der Waals surface area contributed by atoms with Crippen LogP contribution in [-0.2, 0) is 19.1 Å². The number of hydrogen-bond acceptors (Lipinski definition) is 4. The van der Waals surface area contributed by atoms with Crippen LogP contribution in [-0.4, -0.2) is 25.2 Å². The van der Waals surface area contributed by atoms with Crippen LogP contribution in [0.5, 0.6) is 0 Å². The Morgan fingerprint density at radius 1 is 1.12 bits per heavy atom.